The lowest BCUT2D eigenvalue weighted by molar-refractivity contribution is -0.119. The molecule has 56 valence electrons. The van der Waals surface area contributed by atoms with Crippen molar-refractivity contribution >= 4 is 0 Å². The van der Waals surface area contributed by atoms with Gasteiger partial charge in [0, 0.05) is 0 Å². The number of rotatable bonds is 4. The van der Waals surface area contributed by atoms with Crippen LogP contribution in [0.3, 0.4) is 0 Å². The number of aliphatic hydroxyl groups is 2. The third-order valence-electron chi connectivity index (χ3n) is 0.879. The highest BCUT2D eigenvalue weighted by Crippen LogP contribution is 1.93. The van der Waals surface area contributed by atoms with Gasteiger partial charge in [0.05, 0.1) is 12.7 Å². The summed E-state index contributed by atoms with van der Waals surface area (Å²) in [5.74, 6) is 0. The third kappa shape index (κ3) is 5.76. The number of hydrogen-bond acceptors (Lipinski definition) is 3. The molecule has 0 aromatic carbocycles. The molecule has 0 aliphatic rings. The van der Waals surface area contributed by atoms with Crippen LogP contribution in [0.25, 0.3) is 0 Å². The van der Waals surface area contributed by atoms with E-state index in [-0.39, 0.29) is 6.61 Å². The van der Waals surface area contributed by atoms with Gasteiger partial charge >= 0.3 is 0 Å². The van der Waals surface area contributed by atoms with E-state index in [0.717, 1.165) is 0 Å². The second-order valence-corrected chi connectivity index (χ2v) is 2.05. The molecular weight excluding hydrogens is 120 g/mol. The highest BCUT2D eigenvalue weighted by atomic mass is 16.6. The molecular formula is C6H14O3. The molecule has 0 heterocycles. The van der Waals surface area contributed by atoms with Crippen LogP contribution < -0.4 is 0 Å². The summed E-state index contributed by atoms with van der Waals surface area (Å²) < 4.78 is 4.76. The Morgan fingerprint density at radius 2 is 2.00 bits per heavy atom. The number of ether oxygens (including phenoxy) is 1. The zero-order chi connectivity index (χ0) is 7.28. The van der Waals surface area contributed by atoms with E-state index in [1.54, 1.807) is 6.92 Å². The monoisotopic (exact) mass is 134 g/mol. The van der Waals surface area contributed by atoms with Crippen molar-refractivity contribution in [3.8, 4) is 0 Å². The zero-order valence-electron chi connectivity index (χ0n) is 5.87. The van der Waals surface area contributed by atoms with Crippen molar-refractivity contribution in [2.75, 3.05) is 6.61 Å². The van der Waals surface area contributed by atoms with E-state index in [4.69, 9.17) is 14.9 Å². The van der Waals surface area contributed by atoms with Crippen LogP contribution in [0.2, 0.25) is 0 Å². The van der Waals surface area contributed by atoms with Gasteiger partial charge in [-0.05, 0) is 13.3 Å². The minimum Gasteiger partial charge on any atom is -0.391 e. The maximum Gasteiger partial charge on any atom is 0.154 e. The van der Waals surface area contributed by atoms with Crippen LogP contribution in [-0.4, -0.2) is 29.2 Å². The quantitative estimate of drug-likeness (QED) is 0.536. The lowest BCUT2D eigenvalue weighted by atomic mass is 10.4. The average molecular weight is 134 g/mol. The maximum atomic E-state index is 8.77. The molecule has 0 radical (unpaired) electrons. The first-order valence-electron chi connectivity index (χ1n) is 3.14. The lowest BCUT2D eigenvalue weighted by Crippen LogP contribution is -2.18. The van der Waals surface area contributed by atoms with E-state index in [9.17, 15) is 0 Å². The van der Waals surface area contributed by atoms with Gasteiger partial charge in [0.2, 0.25) is 0 Å². The topological polar surface area (TPSA) is 49.7 Å². The number of aliphatic hydroxyl groups excluding tert-OH is 2. The number of hydrogen-bond donors (Lipinski definition) is 2. The highest BCUT2D eigenvalue weighted by Gasteiger charge is 2.01. The molecule has 0 bridgehead atoms. The smallest absolute Gasteiger partial charge is 0.154 e. The van der Waals surface area contributed by atoms with Gasteiger partial charge in [0.25, 0.3) is 0 Å². The zero-order valence-corrected chi connectivity index (χ0v) is 5.87. The SMILES string of the molecule is CCC(O)OCC(C)O. The normalized spacial score (nSPS) is 17.3. The van der Waals surface area contributed by atoms with Gasteiger partial charge in [-0.25, -0.2) is 0 Å². The Balaban J connectivity index is 3.06. The van der Waals surface area contributed by atoms with Crippen LogP contribution in [0.4, 0.5) is 0 Å². The minimum atomic E-state index is -0.723. The van der Waals surface area contributed by atoms with Crippen LogP contribution >= 0.6 is 0 Å². The molecule has 2 N–H and O–H groups in total. The Morgan fingerprint density at radius 1 is 1.44 bits per heavy atom. The van der Waals surface area contributed by atoms with Crippen molar-refractivity contribution in [2.45, 2.75) is 32.7 Å². The van der Waals surface area contributed by atoms with Crippen LogP contribution in [0.15, 0.2) is 0 Å². The summed E-state index contributed by atoms with van der Waals surface area (Å²) in [5, 5.41) is 17.4. The van der Waals surface area contributed by atoms with E-state index < -0.39 is 12.4 Å². The van der Waals surface area contributed by atoms with Gasteiger partial charge in [-0.3, -0.25) is 0 Å². The molecule has 3 heteroatoms. The molecule has 2 atom stereocenters. The molecule has 0 spiro atoms. The maximum absolute atomic E-state index is 8.77. The molecule has 0 saturated carbocycles. The van der Waals surface area contributed by atoms with E-state index in [1.807, 2.05) is 6.92 Å². The Morgan fingerprint density at radius 3 is 2.33 bits per heavy atom. The fourth-order valence-electron chi connectivity index (χ4n) is 0.368. The molecule has 0 fully saturated rings. The van der Waals surface area contributed by atoms with E-state index in [0.29, 0.717) is 6.42 Å². The van der Waals surface area contributed by atoms with Crippen molar-refractivity contribution in [1.82, 2.24) is 0 Å². The molecule has 0 aliphatic heterocycles. The van der Waals surface area contributed by atoms with Gasteiger partial charge in [-0.2, -0.15) is 0 Å². The summed E-state index contributed by atoms with van der Waals surface area (Å²) in [5.41, 5.74) is 0. The first-order valence-corrected chi connectivity index (χ1v) is 3.14. The molecule has 0 amide bonds. The molecule has 0 aliphatic carbocycles. The van der Waals surface area contributed by atoms with Crippen LogP contribution in [-0.2, 0) is 4.74 Å². The van der Waals surface area contributed by atoms with Crippen LogP contribution in [0, 0.1) is 0 Å². The Labute approximate surface area is 55.3 Å². The molecule has 3 nitrogen and oxygen atoms in total. The Kier molecular flexibility index (Phi) is 4.67. The summed E-state index contributed by atoms with van der Waals surface area (Å²) in [6.45, 7) is 3.63. The first kappa shape index (κ1) is 8.88. The van der Waals surface area contributed by atoms with Gasteiger partial charge in [0.1, 0.15) is 0 Å². The largest absolute Gasteiger partial charge is 0.391 e. The third-order valence-corrected chi connectivity index (χ3v) is 0.879. The second kappa shape index (κ2) is 4.73. The van der Waals surface area contributed by atoms with Crippen molar-refractivity contribution in [3.05, 3.63) is 0 Å². The van der Waals surface area contributed by atoms with E-state index in [1.165, 1.54) is 0 Å². The molecule has 0 saturated heterocycles. The summed E-state index contributed by atoms with van der Waals surface area (Å²) >= 11 is 0. The predicted octanol–water partition coefficient (Wildman–Crippen LogP) is 0.112. The molecule has 0 rings (SSSR count). The van der Waals surface area contributed by atoms with Crippen molar-refractivity contribution in [1.29, 1.82) is 0 Å². The Hall–Kier alpha value is -0.120. The van der Waals surface area contributed by atoms with Crippen molar-refractivity contribution in [3.63, 3.8) is 0 Å². The second-order valence-electron chi connectivity index (χ2n) is 2.05. The predicted molar refractivity (Wildman–Crippen MR) is 33.9 cm³/mol. The summed E-state index contributed by atoms with van der Waals surface area (Å²) in [6, 6.07) is 0. The summed E-state index contributed by atoms with van der Waals surface area (Å²) in [4.78, 5) is 0. The van der Waals surface area contributed by atoms with Gasteiger partial charge in [0.15, 0.2) is 6.29 Å². The van der Waals surface area contributed by atoms with Crippen LogP contribution in [0.5, 0.6) is 0 Å². The van der Waals surface area contributed by atoms with E-state index in [2.05, 4.69) is 0 Å². The van der Waals surface area contributed by atoms with E-state index >= 15 is 0 Å². The standard InChI is InChI=1S/C6H14O3/c1-3-6(8)9-4-5(2)7/h5-8H,3-4H2,1-2H3. The van der Waals surface area contributed by atoms with Crippen molar-refractivity contribution in [2.24, 2.45) is 0 Å². The molecule has 2 unspecified atom stereocenters. The first-order chi connectivity index (χ1) is 4.16. The lowest BCUT2D eigenvalue weighted by Gasteiger charge is -2.10. The van der Waals surface area contributed by atoms with Gasteiger partial charge in [-0.15, -0.1) is 0 Å². The van der Waals surface area contributed by atoms with Gasteiger partial charge < -0.3 is 14.9 Å². The molecule has 9 heavy (non-hydrogen) atoms. The average Bonchev–Trinajstić information content (AvgIpc) is 1.83. The Bertz CT molecular complexity index is 63.3. The van der Waals surface area contributed by atoms with Gasteiger partial charge in [-0.1, -0.05) is 6.92 Å². The van der Waals surface area contributed by atoms with Crippen LogP contribution in [0.1, 0.15) is 20.3 Å². The molecule has 0 aromatic rings. The summed E-state index contributed by atoms with van der Waals surface area (Å²) in [7, 11) is 0. The van der Waals surface area contributed by atoms with Crippen molar-refractivity contribution < 1.29 is 14.9 Å². The summed E-state index contributed by atoms with van der Waals surface area (Å²) in [6.07, 6.45) is -0.655. The fraction of sp³-hybridized carbons (Fsp3) is 1.00. The fourth-order valence-corrected chi connectivity index (χ4v) is 0.368. The molecule has 0 aromatic heterocycles. The highest BCUT2D eigenvalue weighted by molar-refractivity contribution is 4.42. The minimum absolute atomic E-state index is 0.203.